The van der Waals surface area contributed by atoms with E-state index in [0.717, 1.165) is 23.8 Å². The van der Waals surface area contributed by atoms with Gasteiger partial charge in [0.15, 0.2) is 0 Å². The van der Waals surface area contributed by atoms with Gasteiger partial charge in [0.1, 0.15) is 0 Å². The average Bonchev–Trinajstić information content (AvgIpc) is 2.99. The number of nitrogens with two attached hydrogens (primary N) is 1. The maximum atomic E-state index is 8.52. The highest BCUT2D eigenvalue weighted by Gasteiger charge is 2.27. The molecule has 1 saturated carbocycles. The molecule has 1 heterocycles. The van der Waals surface area contributed by atoms with E-state index in [9.17, 15) is 0 Å². The Morgan fingerprint density at radius 1 is 1.67 bits per heavy atom. The molecule has 0 spiro atoms. The van der Waals surface area contributed by atoms with Gasteiger partial charge in [0.05, 0.1) is 18.2 Å². The quantitative estimate of drug-likeness (QED) is 0.725. The topological polar surface area (TPSA) is 93.4 Å². The van der Waals surface area contributed by atoms with Crippen LogP contribution in [0.4, 0.5) is 0 Å². The summed E-state index contributed by atoms with van der Waals surface area (Å²) in [6.45, 7) is 0. The van der Waals surface area contributed by atoms with Crippen LogP contribution in [0.15, 0.2) is 5.16 Å². The van der Waals surface area contributed by atoms with Gasteiger partial charge in [0, 0.05) is 5.75 Å². The van der Waals surface area contributed by atoms with E-state index in [4.69, 9.17) is 11.0 Å². The first-order chi connectivity index (χ1) is 7.31. The summed E-state index contributed by atoms with van der Waals surface area (Å²) in [5, 5.41) is 20.9. The molecule has 1 atom stereocenters. The normalized spacial score (nSPS) is 17.3. The minimum absolute atomic E-state index is 0.386. The highest BCUT2D eigenvalue weighted by Crippen LogP contribution is 2.36. The second-order valence-electron chi connectivity index (χ2n) is 3.51. The van der Waals surface area contributed by atoms with Crippen LogP contribution in [0, 0.1) is 11.3 Å². The van der Waals surface area contributed by atoms with Crippen molar-refractivity contribution in [3.63, 3.8) is 0 Å². The van der Waals surface area contributed by atoms with Gasteiger partial charge >= 0.3 is 0 Å². The maximum absolute atomic E-state index is 8.52. The highest BCUT2D eigenvalue weighted by atomic mass is 32.2. The van der Waals surface area contributed by atoms with E-state index < -0.39 is 0 Å². The lowest BCUT2D eigenvalue weighted by Crippen LogP contribution is -2.17. The molecule has 1 aliphatic carbocycles. The summed E-state index contributed by atoms with van der Waals surface area (Å²) >= 11 is 1.56. The van der Waals surface area contributed by atoms with Gasteiger partial charge in [-0.05, 0) is 29.7 Å². The molecule has 15 heavy (non-hydrogen) atoms. The second-order valence-corrected chi connectivity index (χ2v) is 4.57. The third-order valence-electron chi connectivity index (χ3n) is 2.18. The van der Waals surface area contributed by atoms with Gasteiger partial charge in [-0.2, -0.15) is 5.26 Å². The molecule has 7 heteroatoms. The average molecular weight is 224 g/mol. The first kappa shape index (κ1) is 10.4. The van der Waals surface area contributed by atoms with Crippen molar-refractivity contribution in [1.82, 2.24) is 20.2 Å². The fourth-order valence-electron chi connectivity index (χ4n) is 1.17. The highest BCUT2D eigenvalue weighted by molar-refractivity contribution is 7.99. The van der Waals surface area contributed by atoms with Gasteiger partial charge < -0.3 is 5.73 Å². The smallest absolute Gasteiger partial charge is 0.209 e. The number of aromatic nitrogens is 4. The Kier molecular flexibility index (Phi) is 3.18. The van der Waals surface area contributed by atoms with Crippen LogP contribution in [0.25, 0.3) is 0 Å². The lowest BCUT2D eigenvalue weighted by Gasteiger charge is -2.02. The lowest BCUT2D eigenvalue weighted by atomic mass is 10.3. The van der Waals surface area contributed by atoms with Crippen LogP contribution < -0.4 is 5.73 Å². The summed E-state index contributed by atoms with van der Waals surface area (Å²) in [5.74, 6) is 0.780. The summed E-state index contributed by atoms with van der Waals surface area (Å²) in [6, 6.07) is 2.11. The standard InChI is InChI=1S/C8H12N6S/c9-5-6(10)3-4-15-8-11-12-13-14(8)7-1-2-7/h6-7H,1-4,10H2. The minimum Gasteiger partial charge on any atom is -0.316 e. The summed E-state index contributed by atoms with van der Waals surface area (Å²) < 4.78 is 1.86. The molecular formula is C8H12N6S. The van der Waals surface area contributed by atoms with Crippen molar-refractivity contribution in [2.45, 2.75) is 36.5 Å². The first-order valence-corrected chi connectivity index (χ1v) is 5.85. The Balaban J connectivity index is 1.83. The van der Waals surface area contributed by atoms with Crippen molar-refractivity contribution in [3.05, 3.63) is 0 Å². The molecule has 6 nitrogen and oxygen atoms in total. The van der Waals surface area contributed by atoms with E-state index in [1.54, 1.807) is 11.8 Å². The predicted octanol–water partition coefficient (Wildman–Crippen LogP) is 0.341. The molecule has 0 amide bonds. The largest absolute Gasteiger partial charge is 0.316 e. The van der Waals surface area contributed by atoms with E-state index in [-0.39, 0.29) is 6.04 Å². The summed E-state index contributed by atoms with van der Waals surface area (Å²) in [7, 11) is 0. The van der Waals surface area contributed by atoms with Gasteiger partial charge in [0.25, 0.3) is 0 Å². The molecule has 0 radical (unpaired) electrons. The number of hydrogen-bond acceptors (Lipinski definition) is 6. The van der Waals surface area contributed by atoms with E-state index in [1.165, 1.54) is 0 Å². The summed E-state index contributed by atoms with van der Waals surface area (Å²) in [4.78, 5) is 0. The van der Waals surface area contributed by atoms with Gasteiger partial charge in [-0.3, -0.25) is 0 Å². The number of rotatable bonds is 5. The van der Waals surface area contributed by atoms with Gasteiger partial charge in [0.2, 0.25) is 5.16 Å². The molecule has 1 aromatic heterocycles. The molecule has 1 aliphatic rings. The van der Waals surface area contributed by atoms with Crippen LogP contribution in [0.3, 0.4) is 0 Å². The molecule has 80 valence electrons. The van der Waals surface area contributed by atoms with Crippen molar-refractivity contribution in [2.24, 2.45) is 5.73 Å². The number of thioether (sulfide) groups is 1. The Morgan fingerprint density at radius 3 is 3.13 bits per heavy atom. The molecule has 0 aromatic carbocycles. The van der Waals surface area contributed by atoms with E-state index in [0.29, 0.717) is 12.5 Å². The van der Waals surface area contributed by atoms with Crippen molar-refractivity contribution >= 4 is 11.8 Å². The SMILES string of the molecule is N#CC(N)CCSc1nnnn1C1CC1. The number of tetrazole rings is 1. The molecule has 0 saturated heterocycles. The lowest BCUT2D eigenvalue weighted by molar-refractivity contribution is 0.565. The Hall–Kier alpha value is -1.13. The zero-order valence-corrected chi connectivity index (χ0v) is 9.02. The summed E-state index contributed by atoms with van der Waals surface area (Å²) in [6.07, 6.45) is 2.99. The zero-order chi connectivity index (χ0) is 10.7. The fourth-order valence-corrected chi connectivity index (χ4v) is 2.14. The van der Waals surface area contributed by atoms with Crippen LogP contribution >= 0.6 is 11.8 Å². The second kappa shape index (κ2) is 4.59. The minimum atomic E-state index is -0.386. The van der Waals surface area contributed by atoms with Crippen LogP contribution in [0.2, 0.25) is 0 Å². The summed E-state index contributed by atoms with van der Waals surface area (Å²) in [5.41, 5.74) is 5.49. The molecule has 0 bridgehead atoms. The molecule has 1 fully saturated rings. The molecular weight excluding hydrogens is 212 g/mol. The third kappa shape index (κ3) is 2.67. The van der Waals surface area contributed by atoms with E-state index in [2.05, 4.69) is 15.5 Å². The van der Waals surface area contributed by atoms with Gasteiger partial charge in [-0.25, -0.2) is 4.68 Å². The zero-order valence-electron chi connectivity index (χ0n) is 8.20. The van der Waals surface area contributed by atoms with Gasteiger partial charge in [-0.1, -0.05) is 11.8 Å². The van der Waals surface area contributed by atoms with Crippen molar-refractivity contribution in [1.29, 1.82) is 5.26 Å². The van der Waals surface area contributed by atoms with Crippen LogP contribution in [0.1, 0.15) is 25.3 Å². The molecule has 0 aliphatic heterocycles. The Labute approximate surface area is 91.8 Å². The molecule has 2 N–H and O–H groups in total. The fraction of sp³-hybridized carbons (Fsp3) is 0.750. The molecule has 1 aromatic rings. The molecule has 1 unspecified atom stereocenters. The molecule has 2 rings (SSSR count). The van der Waals surface area contributed by atoms with Crippen LogP contribution in [-0.4, -0.2) is 32.0 Å². The van der Waals surface area contributed by atoms with E-state index in [1.807, 2.05) is 10.8 Å². The van der Waals surface area contributed by atoms with Crippen molar-refractivity contribution < 1.29 is 0 Å². The predicted molar refractivity (Wildman–Crippen MR) is 55.0 cm³/mol. The number of nitrogens with zero attached hydrogens (tertiary/aromatic N) is 5. The van der Waals surface area contributed by atoms with Crippen LogP contribution in [0.5, 0.6) is 0 Å². The third-order valence-corrected chi connectivity index (χ3v) is 3.15. The van der Waals surface area contributed by atoms with Crippen molar-refractivity contribution in [2.75, 3.05) is 5.75 Å². The first-order valence-electron chi connectivity index (χ1n) is 4.87. The number of hydrogen-bond donors (Lipinski definition) is 1. The Morgan fingerprint density at radius 2 is 2.47 bits per heavy atom. The van der Waals surface area contributed by atoms with Crippen molar-refractivity contribution in [3.8, 4) is 6.07 Å². The van der Waals surface area contributed by atoms with Crippen LogP contribution in [-0.2, 0) is 0 Å². The Bertz CT molecular complexity index is 365. The van der Waals surface area contributed by atoms with E-state index >= 15 is 0 Å². The number of nitriles is 1. The monoisotopic (exact) mass is 224 g/mol. The maximum Gasteiger partial charge on any atom is 0.209 e. The van der Waals surface area contributed by atoms with Gasteiger partial charge in [-0.15, -0.1) is 5.10 Å².